The molecule has 1 amide bonds. The molecule has 0 saturated heterocycles. The van der Waals surface area contributed by atoms with Gasteiger partial charge in [-0.05, 0) is 36.7 Å². The zero-order valence-corrected chi connectivity index (χ0v) is 11.3. The fourth-order valence-electron chi connectivity index (χ4n) is 1.34. The first-order valence-electron chi connectivity index (χ1n) is 6.35. The van der Waals surface area contributed by atoms with Crippen LogP contribution in [0.25, 0.3) is 0 Å². The molecular formula is C14H22N2O2. The molecule has 0 aliphatic carbocycles. The second-order valence-corrected chi connectivity index (χ2v) is 4.56. The van der Waals surface area contributed by atoms with E-state index >= 15 is 0 Å². The number of hydrogen-bond acceptors (Lipinski definition) is 3. The molecule has 0 spiro atoms. The van der Waals surface area contributed by atoms with Gasteiger partial charge in [-0.3, -0.25) is 4.79 Å². The highest BCUT2D eigenvalue weighted by atomic mass is 16.5. The van der Waals surface area contributed by atoms with Crippen molar-refractivity contribution in [2.24, 2.45) is 5.92 Å². The maximum absolute atomic E-state index is 11.5. The predicted octanol–water partition coefficient (Wildman–Crippen LogP) is 2.27. The highest BCUT2D eigenvalue weighted by molar-refractivity contribution is 5.92. The van der Waals surface area contributed by atoms with Crippen LogP contribution in [0.4, 0.5) is 5.69 Å². The maximum Gasteiger partial charge on any atom is 0.238 e. The summed E-state index contributed by atoms with van der Waals surface area (Å²) in [6.07, 6.45) is 0. The van der Waals surface area contributed by atoms with Gasteiger partial charge < -0.3 is 15.4 Å². The van der Waals surface area contributed by atoms with Gasteiger partial charge in [0.25, 0.3) is 0 Å². The molecule has 0 aliphatic rings. The summed E-state index contributed by atoms with van der Waals surface area (Å²) in [5.41, 5.74) is 0.787. The van der Waals surface area contributed by atoms with Crippen molar-refractivity contribution in [1.29, 1.82) is 0 Å². The first-order valence-corrected chi connectivity index (χ1v) is 6.35. The normalized spacial score (nSPS) is 10.4. The van der Waals surface area contributed by atoms with E-state index in [2.05, 4.69) is 24.5 Å². The summed E-state index contributed by atoms with van der Waals surface area (Å²) in [6.45, 7) is 8.00. The number of ether oxygens (including phenoxy) is 1. The Hall–Kier alpha value is -1.55. The van der Waals surface area contributed by atoms with Gasteiger partial charge in [0.2, 0.25) is 5.91 Å². The minimum Gasteiger partial charge on any atom is -0.493 e. The van der Waals surface area contributed by atoms with E-state index in [1.54, 1.807) is 0 Å². The Morgan fingerprint density at radius 2 is 1.94 bits per heavy atom. The summed E-state index contributed by atoms with van der Waals surface area (Å²) < 4.78 is 5.57. The van der Waals surface area contributed by atoms with Crippen LogP contribution in [-0.4, -0.2) is 25.6 Å². The summed E-state index contributed by atoms with van der Waals surface area (Å²) in [6, 6.07) is 7.43. The number of carbonyl (C=O) groups is 1. The van der Waals surface area contributed by atoms with Gasteiger partial charge in [-0.2, -0.15) is 0 Å². The van der Waals surface area contributed by atoms with Crippen molar-refractivity contribution in [1.82, 2.24) is 5.32 Å². The molecule has 100 valence electrons. The lowest BCUT2D eigenvalue weighted by Crippen LogP contribution is -2.27. The van der Waals surface area contributed by atoms with Gasteiger partial charge in [0.15, 0.2) is 0 Å². The van der Waals surface area contributed by atoms with Crippen LogP contribution in [0.1, 0.15) is 20.8 Å². The highest BCUT2D eigenvalue weighted by Crippen LogP contribution is 2.16. The second kappa shape index (κ2) is 7.71. The second-order valence-electron chi connectivity index (χ2n) is 4.56. The Labute approximate surface area is 109 Å². The van der Waals surface area contributed by atoms with Gasteiger partial charge in [-0.1, -0.05) is 20.8 Å². The number of carbonyl (C=O) groups excluding carboxylic acids is 1. The molecule has 0 aliphatic heterocycles. The van der Waals surface area contributed by atoms with Crippen LogP contribution < -0.4 is 15.4 Å². The van der Waals surface area contributed by atoms with E-state index in [0.717, 1.165) is 18.0 Å². The molecule has 0 atom stereocenters. The lowest BCUT2D eigenvalue weighted by molar-refractivity contribution is -0.115. The van der Waals surface area contributed by atoms with E-state index in [9.17, 15) is 4.79 Å². The summed E-state index contributed by atoms with van der Waals surface area (Å²) >= 11 is 0. The number of hydrogen-bond donors (Lipinski definition) is 2. The molecule has 1 aromatic rings. The van der Waals surface area contributed by atoms with Gasteiger partial charge in [0, 0.05) is 5.69 Å². The Morgan fingerprint density at radius 1 is 1.28 bits per heavy atom. The summed E-state index contributed by atoms with van der Waals surface area (Å²) in [5, 5.41) is 5.79. The van der Waals surface area contributed by atoms with Crippen molar-refractivity contribution in [3.8, 4) is 5.75 Å². The molecule has 18 heavy (non-hydrogen) atoms. The van der Waals surface area contributed by atoms with Crippen LogP contribution >= 0.6 is 0 Å². The Morgan fingerprint density at radius 3 is 2.50 bits per heavy atom. The van der Waals surface area contributed by atoms with Gasteiger partial charge in [-0.25, -0.2) is 0 Å². The number of nitrogens with one attached hydrogen (secondary N) is 2. The van der Waals surface area contributed by atoms with Crippen LogP contribution in [0.5, 0.6) is 5.75 Å². The zero-order valence-electron chi connectivity index (χ0n) is 11.3. The Balaban J connectivity index is 2.42. The monoisotopic (exact) mass is 250 g/mol. The fourth-order valence-corrected chi connectivity index (χ4v) is 1.34. The van der Waals surface area contributed by atoms with E-state index in [-0.39, 0.29) is 5.91 Å². The van der Waals surface area contributed by atoms with E-state index in [4.69, 9.17) is 4.74 Å². The third-order valence-electron chi connectivity index (χ3n) is 2.26. The number of anilines is 1. The maximum atomic E-state index is 11.5. The predicted molar refractivity (Wildman–Crippen MR) is 73.9 cm³/mol. The molecular weight excluding hydrogens is 228 g/mol. The van der Waals surface area contributed by atoms with Crippen molar-refractivity contribution >= 4 is 11.6 Å². The van der Waals surface area contributed by atoms with E-state index in [1.807, 2.05) is 31.2 Å². The standard InChI is InChI=1S/C14H22N2O2/c1-4-15-9-14(17)16-12-5-7-13(8-6-12)18-10-11(2)3/h5-8,11,15H,4,9-10H2,1-3H3,(H,16,17). The SMILES string of the molecule is CCNCC(=O)Nc1ccc(OCC(C)C)cc1. The smallest absolute Gasteiger partial charge is 0.238 e. The highest BCUT2D eigenvalue weighted by Gasteiger charge is 2.02. The van der Waals surface area contributed by atoms with Crippen LogP contribution in [-0.2, 0) is 4.79 Å². The number of likely N-dealkylation sites (N-methyl/N-ethyl adjacent to an activating group) is 1. The van der Waals surface area contributed by atoms with Gasteiger partial charge in [0.05, 0.1) is 13.2 Å². The molecule has 0 heterocycles. The summed E-state index contributed by atoms with van der Waals surface area (Å²) in [4.78, 5) is 11.5. The fraction of sp³-hybridized carbons (Fsp3) is 0.500. The molecule has 0 radical (unpaired) electrons. The molecule has 0 saturated carbocycles. The molecule has 1 aromatic carbocycles. The van der Waals surface area contributed by atoms with Crippen molar-refractivity contribution < 1.29 is 9.53 Å². The third kappa shape index (κ3) is 5.68. The minimum absolute atomic E-state index is 0.0345. The van der Waals surface area contributed by atoms with Gasteiger partial charge >= 0.3 is 0 Å². The van der Waals surface area contributed by atoms with Crippen molar-refractivity contribution in [3.63, 3.8) is 0 Å². The average Bonchev–Trinajstić information content (AvgIpc) is 2.35. The average molecular weight is 250 g/mol. The van der Waals surface area contributed by atoms with Crippen LogP contribution in [0, 0.1) is 5.92 Å². The molecule has 1 rings (SSSR count). The quantitative estimate of drug-likeness (QED) is 0.780. The number of rotatable bonds is 7. The van der Waals surface area contributed by atoms with E-state index < -0.39 is 0 Å². The van der Waals surface area contributed by atoms with E-state index in [1.165, 1.54) is 0 Å². The topological polar surface area (TPSA) is 50.4 Å². The molecule has 4 nitrogen and oxygen atoms in total. The third-order valence-corrected chi connectivity index (χ3v) is 2.26. The van der Waals surface area contributed by atoms with Crippen molar-refractivity contribution in [3.05, 3.63) is 24.3 Å². The largest absolute Gasteiger partial charge is 0.493 e. The molecule has 0 unspecified atom stereocenters. The first kappa shape index (κ1) is 14.5. The lowest BCUT2D eigenvalue weighted by atomic mass is 10.2. The number of benzene rings is 1. The lowest BCUT2D eigenvalue weighted by Gasteiger charge is -2.10. The van der Waals surface area contributed by atoms with Gasteiger partial charge in [-0.15, -0.1) is 0 Å². The van der Waals surface area contributed by atoms with Crippen LogP contribution in [0.15, 0.2) is 24.3 Å². The molecule has 2 N–H and O–H groups in total. The van der Waals surface area contributed by atoms with Crippen LogP contribution in [0.3, 0.4) is 0 Å². The molecule has 0 fully saturated rings. The number of amides is 1. The van der Waals surface area contributed by atoms with Crippen LogP contribution in [0.2, 0.25) is 0 Å². The molecule has 4 heteroatoms. The van der Waals surface area contributed by atoms with Gasteiger partial charge in [0.1, 0.15) is 5.75 Å². The molecule has 0 bridgehead atoms. The zero-order chi connectivity index (χ0) is 13.4. The van der Waals surface area contributed by atoms with Crippen molar-refractivity contribution in [2.75, 3.05) is 25.0 Å². The van der Waals surface area contributed by atoms with Crippen molar-refractivity contribution in [2.45, 2.75) is 20.8 Å². The Kier molecular flexibility index (Phi) is 6.22. The molecule has 0 aromatic heterocycles. The Bertz CT molecular complexity index is 361. The van der Waals surface area contributed by atoms with E-state index in [0.29, 0.717) is 19.1 Å². The summed E-state index contributed by atoms with van der Waals surface area (Å²) in [5.74, 6) is 1.30. The first-order chi connectivity index (χ1) is 8.61. The summed E-state index contributed by atoms with van der Waals surface area (Å²) in [7, 11) is 0. The minimum atomic E-state index is -0.0345.